The highest BCUT2D eigenvalue weighted by atomic mass is 16.2. The summed E-state index contributed by atoms with van der Waals surface area (Å²) in [5.74, 6) is 0.0361. The highest BCUT2D eigenvalue weighted by molar-refractivity contribution is 5.94. The standard InChI is InChI=1S/C20H23N3O2/c1-16-7-5-8-17(15-16)19(24)22-11-6-12-23(14-13-22)20(25)21-18-9-3-2-4-10-18/h2-5,7-10,15H,6,11-14H2,1H3,(H,21,25). The molecule has 5 nitrogen and oxygen atoms in total. The number of rotatable bonds is 2. The van der Waals surface area contributed by atoms with Gasteiger partial charge in [0, 0.05) is 37.4 Å². The molecule has 0 bridgehead atoms. The van der Waals surface area contributed by atoms with Gasteiger partial charge in [0.05, 0.1) is 0 Å². The van der Waals surface area contributed by atoms with E-state index >= 15 is 0 Å². The lowest BCUT2D eigenvalue weighted by Crippen LogP contribution is -2.39. The molecule has 130 valence electrons. The van der Waals surface area contributed by atoms with Crippen LogP contribution in [-0.4, -0.2) is 47.9 Å². The van der Waals surface area contributed by atoms with E-state index in [9.17, 15) is 9.59 Å². The predicted molar refractivity (Wildman–Crippen MR) is 98.7 cm³/mol. The number of nitrogens with zero attached hydrogens (tertiary/aromatic N) is 2. The molecule has 2 aromatic carbocycles. The van der Waals surface area contributed by atoms with Crippen LogP contribution in [0.4, 0.5) is 10.5 Å². The number of hydrogen-bond donors (Lipinski definition) is 1. The summed E-state index contributed by atoms with van der Waals surface area (Å²) in [4.78, 5) is 28.7. The van der Waals surface area contributed by atoms with Crippen molar-refractivity contribution in [2.75, 3.05) is 31.5 Å². The van der Waals surface area contributed by atoms with E-state index in [1.165, 1.54) is 0 Å². The maximum absolute atomic E-state index is 12.7. The zero-order valence-electron chi connectivity index (χ0n) is 14.4. The number of urea groups is 1. The molecule has 1 saturated heterocycles. The van der Waals surface area contributed by atoms with Crippen molar-refractivity contribution in [1.82, 2.24) is 9.80 Å². The zero-order chi connectivity index (χ0) is 17.6. The Morgan fingerprint density at radius 1 is 0.880 bits per heavy atom. The van der Waals surface area contributed by atoms with Crippen LogP contribution in [0, 0.1) is 6.92 Å². The first kappa shape index (κ1) is 17.0. The van der Waals surface area contributed by atoms with Gasteiger partial charge < -0.3 is 15.1 Å². The Morgan fingerprint density at radius 2 is 1.60 bits per heavy atom. The summed E-state index contributed by atoms with van der Waals surface area (Å²) in [6.45, 7) is 4.39. The minimum Gasteiger partial charge on any atom is -0.337 e. The third kappa shape index (κ3) is 4.38. The number of amides is 3. The van der Waals surface area contributed by atoms with Crippen molar-refractivity contribution >= 4 is 17.6 Å². The number of nitrogens with one attached hydrogen (secondary N) is 1. The van der Waals surface area contributed by atoms with Gasteiger partial charge in [-0.2, -0.15) is 0 Å². The van der Waals surface area contributed by atoms with Crippen molar-refractivity contribution in [3.63, 3.8) is 0 Å². The first-order valence-corrected chi connectivity index (χ1v) is 8.60. The quantitative estimate of drug-likeness (QED) is 0.913. The molecule has 1 fully saturated rings. The SMILES string of the molecule is Cc1cccc(C(=O)N2CCCN(C(=O)Nc3ccccc3)CC2)c1. The molecule has 2 aromatic rings. The number of hydrogen-bond acceptors (Lipinski definition) is 2. The van der Waals surface area contributed by atoms with Crippen LogP contribution in [0.3, 0.4) is 0 Å². The van der Waals surface area contributed by atoms with Crippen molar-refractivity contribution in [3.8, 4) is 0 Å². The second kappa shape index (κ2) is 7.83. The van der Waals surface area contributed by atoms with E-state index < -0.39 is 0 Å². The second-order valence-corrected chi connectivity index (χ2v) is 6.30. The molecule has 0 aromatic heterocycles. The zero-order valence-corrected chi connectivity index (χ0v) is 14.4. The van der Waals surface area contributed by atoms with Crippen LogP contribution in [0.25, 0.3) is 0 Å². The summed E-state index contributed by atoms with van der Waals surface area (Å²) in [6, 6.07) is 16.9. The van der Waals surface area contributed by atoms with Crippen LogP contribution < -0.4 is 5.32 Å². The van der Waals surface area contributed by atoms with Gasteiger partial charge in [-0.05, 0) is 37.6 Å². The Labute approximate surface area is 148 Å². The van der Waals surface area contributed by atoms with E-state index in [4.69, 9.17) is 0 Å². The molecule has 0 radical (unpaired) electrons. The van der Waals surface area contributed by atoms with Gasteiger partial charge in [-0.3, -0.25) is 4.79 Å². The second-order valence-electron chi connectivity index (χ2n) is 6.30. The van der Waals surface area contributed by atoms with Crippen LogP contribution in [0.1, 0.15) is 22.3 Å². The Balaban J connectivity index is 1.60. The van der Waals surface area contributed by atoms with Gasteiger partial charge in [0.2, 0.25) is 0 Å². The van der Waals surface area contributed by atoms with Gasteiger partial charge in [-0.15, -0.1) is 0 Å². The summed E-state index contributed by atoms with van der Waals surface area (Å²) in [7, 11) is 0. The van der Waals surface area contributed by atoms with Crippen molar-refractivity contribution < 1.29 is 9.59 Å². The molecule has 1 aliphatic heterocycles. The largest absolute Gasteiger partial charge is 0.337 e. The van der Waals surface area contributed by atoms with Crippen molar-refractivity contribution in [3.05, 3.63) is 65.7 Å². The number of carbonyl (C=O) groups is 2. The molecule has 3 rings (SSSR count). The molecule has 1 N–H and O–H groups in total. The van der Waals surface area contributed by atoms with Gasteiger partial charge in [0.1, 0.15) is 0 Å². The number of carbonyl (C=O) groups excluding carboxylic acids is 2. The fourth-order valence-electron chi connectivity index (χ4n) is 3.01. The maximum atomic E-state index is 12.7. The van der Waals surface area contributed by atoms with E-state index in [0.717, 1.165) is 17.7 Å². The Bertz CT molecular complexity index is 746. The third-order valence-electron chi connectivity index (χ3n) is 4.36. The predicted octanol–water partition coefficient (Wildman–Crippen LogP) is 3.38. The number of benzene rings is 2. The fourth-order valence-corrected chi connectivity index (χ4v) is 3.01. The minimum atomic E-state index is -0.115. The Morgan fingerprint density at radius 3 is 2.36 bits per heavy atom. The number of para-hydroxylation sites is 1. The molecule has 0 atom stereocenters. The van der Waals surface area contributed by atoms with Gasteiger partial charge in [0.15, 0.2) is 0 Å². The lowest BCUT2D eigenvalue weighted by molar-refractivity contribution is 0.0762. The molecule has 1 heterocycles. The Kier molecular flexibility index (Phi) is 5.33. The summed E-state index contributed by atoms with van der Waals surface area (Å²) >= 11 is 0. The van der Waals surface area contributed by atoms with Crippen LogP contribution in [0.5, 0.6) is 0 Å². The summed E-state index contributed by atoms with van der Waals surface area (Å²) in [5, 5.41) is 2.91. The number of aryl methyl sites for hydroxylation is 1. The molecule has 0 unspecified atom stereocenters. The number of anilines is 1. The topological polar surface area (TPSA) is 52.7 Å². The average Bonchev–Trinajstić information content (AvgIpc) is 2.88. The van der Waals surface area contributed by atoms with Crippen LogP contribution in [-0.2, 0) is 0 Å². The smallest absolute Gasteiger partial charge is 0.321 e. The van der Waals surface area contributed by atoms with Gasteiger partial charge >= 0.3 is 6.03 Å². The van der Waals surface area contributed by atoms with Crippen LogP contribution in [0.2, 0.25) is 0 Å². The molecule has 25 heavy (non-hydrogen) atoms. The van der Waals surface area contributed by atoms with Crippen LogP contribution >= 0.6 is 0 Å². The lowest BCUT2D eigenvalue weighted by atomic mass is 10.1. The summed E-state index contributed by atoms with van der Waals surface area (Å²) in [5.41, 5.74) is 2.57. The van der Waals surface area contributed by atoms with E-state index in [2.05, 4.69) is 5.32 Å². The Hall–Kier alpha value is -2.82. The van der Waals surface area contributed by atoms with Crippen molar-refractivity contribution in [2.45, 2.75) is 13.3 Å². The molecule has 0 spiro atoms. The normalized spacial score (nSPS) is 14.8. The molecule has 3 amide bonds. The minimum absolute atomic E-state index is 0.0361. The van der Waals surface area contributed by atoms with Gasteiger partial charge in [-0.1, -0.05) is 35.9 Å². The van der Waals surface area contributed by atoms with Gasteiger partial charge in [-0.25, -0.2) is 4.79 Å². The lowest BCUT2D eigenvalue weighted by Gasteiger charge is -2.22. The molecule has 1 aliphatic rings. The van der Waals surface area contributed by atoms with Crippen LogP contribution in [0.15, 0.2) is 54.6 Å². The van der Waals surface area contributed by atoms with Crippen molar-refractivity contribution in [2.24, 2.45) is 0 Å². The van der Waals surface area contributed by atoms with E-state index in [1.807, 2.05) is 66.4 Å². The fraction of sp³-hybridized carbons (Fsp3) is 0.300. The first-order chi connectivity index (χ1) is 12.1. The molecule has 5 heteroatoms. The molecular weight excluding hydrogens is 314 g/mol. The van der Waals surface area contributed by atoms with E-state index in [-0.39, 0.29) is 11.9 Å². The van der Waals surface area contributed by atoms with Crippen molar-refractivity contribution in [1.29, 1.82) is 0 Å². The highest BCUT2D eigenvalue weighted by Gasteiger charge is 2.22. The highest BCUT2D eigenvalue weighted by Crippen LogP contribution is 2.12. The third-order valence-corrected chi connectivity index (χ3v) is 4.36. The average molecular weight is 337 g/mol. The van der Waals surface area contributed by atoms with E-state index in [0.29, 0.717) is 31.7 Å². The molecule has 0 saturated carbocycles. The first-order valence-electron chi connectivity index (χ1n) is 8.60. The van der Waals surface area contributed by atoms with Gasteiger partial charge in [0.25, 0.3) is 5.91 Å². The van der Waals surface area contributed by atoms with E-state index in [1.54, 1.807) is 4.90 Å². The molecular formula is C20H23N3O2. The summed E-state index contributed by atoms with van der Waals surface area (Å²) in [6.07, 6.45) is 0.778. The molecule has 0 aliphatic carbocycles. The monoisotopic (exact) mass is 337 g/mol. The summed E-state index contributed by atoms with van der Waals surface area (Å²) < 4.78 is 0. The maximum Gasteiger partial charge on any atom is 0.321 e.